The van der Waals surface area contributed by atoms with Gasteiger partial charge in [-0.3, -0.25) is 24.2 Å². The molecule has 0 fully saturated rings. The van der Waals surface area contributed by atoms with Crippen LogP contribution in [0, 0.1) is 5.92 Å². The zero-order valence-corrected chi connectivity index (χ0v) is 20.9. The summed E-state index contributed by atoms with van der Waals surface area (Å²) < 4.78 is 0. The smallest absolute Gasteiger partial charge is 0.326 e. The quantitative estimate of drug-likeness (QED) is 0.0494. The number of rotatable bonds is 18. The summed E-state index contributed by atoms with van der Waals surface area (Å²) >= 11 is 0. The average Bonchev–Trinajstić information content (AvgIpc) is 2.78. The molecule has 0 rings (SSSR count). The molecule has 4 unspecified atom stereocenters. The number of amides is 4. The number of primary amides is 1. The van der Waals surface area contributed by atoms with E-state index in [4.69, 9.17) is 28.7 Å². The van der Waals surface area contributed by atoms with Crippen molar-refractivity contribution in [3.63, 3.8) is 0 Å². The summed E-state index contributed by atoms with van der Waals surface area (Å²) in [6, 6.07) is -4.66. The molecular weight excluding hydrogens is 474 g/mol. The molecule has 4 amide bonds. The first kappa shape index (κ1) is 32.5. The second-order valence-corrected chi connectivity index (χ2v) is 8.70. The zero-order valence-electron chi connectivity index (χ0n) is 20.9. The number of carboxylic acid groups (broad SMARTS) is 1. The highest BCUT2D eigenvalue weighted by Gasteiger charge is 2.31. The van der Waals surface area contributed by atoms with Gasteiger partial charge < -0.3 is 49.7 Å². The number of hydrogen-bond donors (Lipinski definition) is 9. The van der Waals surface area contributed by atoms with E-state index in [0.29, 0.717) is 19.4 Å². The molecule has 0 aromatic heterocycles. The number of nitrogens with one attached hydrogen (secondary N) is 3. The minimum absolute atomic E-state index is 0.0340. The molecule has 15 heteroatoms. The maximum atomic E-state index is 13.1. The van der Waals surface area contributed by atoms with Gasteiger partial charge in [0.05, 0.1) is 12.5 Å². The summed E-state index contributed by atoms with van der Waals surface area (Å²) in [6.45, 7) is 4.05. The van der Waals surface area contributed by atoms with E-state index in [1.165, 1.54) is 0 Å². The van der Waals surface area contributed by atoms with Crippen LogP contribution < -0.4 is 44.6 Å². The van der Waals surface area contributed by atoms with Gasteiger partial charge in [0.15, 0.2) is 5.96 Å². The third kappa shape index (κ3) is 13.4. The van der Waals surface area contributed by atoms with Crippen LogP contribution in [0.4, 0.5) is 0 Å². The fourth-order valence-corrected chi connectivity index (χ4v) is 3.05. The van der Waals surface area contributed by atoms with Gasteiger partial charge in [0.1, 0.15) is 18.1 Å². The van der Waals surface area contributed by atoms with Crippen molar-refractivity contribution in [3.8, 4) is 0 Å². The van der Waals surface area contributed by atoms with E-state index in [1.54, 1.807) is 13.8 Å². The minimum atomic E-state index is -1.59. The van der Waals surface area contributed by atoms with E-state index >= 15 is 0 Å². The number of aliphatic imine (C=N–C) groups is 1. The Balaban J connectivity index is 5.66. The van der Waals surface area contributed by atoms with Crippen LogP contribution in [0.15, 0.2) is 4.99 Å². The Labute approximate surface area is 210 Å². The lowest BCUT2D eigenvalue weighted by atomic mass is 10.0. The van der Waals surface area contributed by atoms with Crippen molar-refractivity contribution < 1.29 is 29.1 Å². The van der Waals surface area contributed by atoms with Gasteiger partial charge in [-0.2, -0.15) is 0 Å². The van der Waals surface area contributed by atoms with Gasteiger partial charge in [0, 0.05) is 6.54 Å². The predicted octanol–water partition coefficient (Wildman–Crippen LogP) is -3.43. The van der Waals surface area contributed by atoms with Gasteiger partial charge in [-0.15, -0.1) is 0 Å². The van der Waals surface area contributed by atoms with Crippen LogP contribution in [0.25, 0.3) is 0 Å². The fraction of sp³-hybridized carbons (Fsp3) is 0.714. The van der Waals surface area contributed by atoms with E-state index in [-0.39, 0.29) is 37.7 Å². The summed E-state index contributed by atoms with van der Waals surface area (Å²) in [5.74, 6) is -4.78. The first-order valence-corrected chi connectivity index (χ1v) is 11.7. The molecule has 0 heterocycles. The highest BCUT2D eigenvalue weighted by Crippen LogP contribution is 2.07. The number of guanidine groups is 1. The lowest BCUT2D eigenvalue weighted by Gasteiger charge is -2.25. The van der Waals surface area contributed by atoms with Crippen LogP contribution in [0.5, 0.6) is 0 Å². The summed E-state index contributed by atoms with van der Waals surface area (Å²) in [4.78, 5) is 64.8. The van der Waals surface area contributed by atoms with Gasteiger partial charge in [0.25, 0.3) is 0 Å². The van der Waals surface area contributed by atoms with Crippen molar-refractivity contribution >= 4 is 35.6 Å². The Kier molecular flexibility index (Phi) is 15.4. The molecule has 4 atom stereocenters. The lowest BCUT2D eigenvalue weighted by Crippen LogP contribution is -2.57. The van der Waals surface area contributed by atoms with Crippen molar-refractivity contribution in [1.82, 2.24) is 16.0 Å². The van der Waals surface area contributed by atoms with Crippen molar-refractivity contribution in [2.24, 2.45) is 39.6 Å². The topological polar surface area (TPSA) is 284 Å². The maximum Gasteiger partial charge on any atom is 0.326 e. The monoisotopic (exact) mass is 515 g/mol. The van der Waals surface area contributed by atoms with Gasteiger partial charge >= 0.3 is 5.97 Å². The van der Waals surface area contributed by atoms with E-state index < -0.39 is 60.2 Å². The molecule has 206 valence electrons. The summed E-state index contributed by atoms with van der Waals surface area (Å²) in [7, 11) is 0. The largest absolute Gasteiger partial charge is 0.480 e. The van der Waals surface area contributed by atoms with E-state index in [0.717, 1.165) is 0 Å². The van der Waals surface area contributed by atoms with Crippen LogP contribution in [0.2, 0.25) is 0 Å². The first-order valence-electron chi connectivity index (χ1n) is 11.7. The van der Waals surface area contributed by atoms with E-state index in [2.05, 4.69) is 20.9 Å². The molecule has 0 saturated carbocycles. The molecule has 0 spiro atoms. The van der Waals surface area contributed by atoms with E-state index in [9.17, 15) is 29.1 Å². The van der Waals surface area contributed by atoms with Crippen LogP contribution in [-0.2, 0) is 24.0 Å². The van der Waals surface area contributed by atoms with Crippen molar-refractivity contribution in [2.45, 2.75) is 76.5 Å². The van der Waals surface area contributed by atoms with Crippen LogP contribution in [-0.4, -0.2) is 77.9 Å². The van der Waals surface area contributed by atoms with Crippen LogP contribution >= 0.6 is 0 Å². The highest BCUT2D eigenvalue weighted by molar-refractivity contribution is 5.94. The fourth-order valence-electron chi connectivity index (χ4n) is 3.05. The van der Waals surface area contributed by atoms with E-state index in [1.807, 2.05) is 0 Å². The molecule has 36 heavy (non-hydrogen) atoms. The zero-order chi connectivity index (χ0) is 27.8. The molecule has 0 aliphatic carbocycles. The van der Waals surface area contributed by atoms with Gasteiger partial charge in [-0.1, -0.05) is 13.8 Å². The molecular formula is C21H41N9O6. The number of carbonyl (C=O) groups is 5. The number of hydrogen-bond acceptors (Lipinski definition) is 8. The van der Waals surface area contributed by atoms with Gasteiger partial charge in [-0.25, -0.2) is 4.79 Å². The molecule has 0 aliphatic heterocycles. The molecule has 0 aromatic carbocycles. The normalized spacial score (nSPS) is 14.1. The molecule has 0 radical (unpaired) electrons. The average molecular weight is 516 g/mol. The lowest BCUT2D eigenvalue weighted by molar-refractivity contribution is -0.143. The second kappa shape index (κ2) is 17.0. The van der Waals surface area contributed by atoms with Crippen molar-refractivity contribution in [1.29, 1.82) is 0 Å². The Bertz CT molecular complexity index is 786. The Morgan fingerprint density at radius 3 is 1.75 bits per heavy atom. The van der Waals surface area contributed by atoms with Crippen molar-refractivity contribution in [3.05, 3.63) is 0 Å². The summed E-state index contributed by atoms with van der Waals surface area (Å²) in [5.41, 5.74) is 27.1. The molecule has 0 bridgehead atoms. The second-order valence-electron chi connectivity index (χ2n) is 8.70. The first-order chi connectivity index (χ1) is 16.8. The molecule has 0 saturated heterocycles. The maximum absolute atomic E-state index is 13.1. The SMILES string of the molecule is CC(C)C(N)C(=O)NC(CCCCN)C(=O)NC(CCCN=C(N)N)C(=O)NC(CC(N)=O)C(=O)O. The third-order valence-electron chi connectivity index (χ3n) is 5.20. The molecule has 0 aromatic rings. The van der Waals surface area contributed by atoms with Gasteiger partial charge in [-0.05, 0) is 44.6 Å². The number of carbonyl (C=O) groups excluding carboxylic acids is 4. The number of unbranched alkanes of at least 4 members (excludes halogenated alkanes) is 1. The summed E-state index contributed by atoms with van der Waals surface area (Å²) in [6.07, 6.45) is 1.01. The predicted molar refractivity (Wildman–Crippen MR) is 133 cm³/mol. The standard InChI is InChI=1S/C21H41N9O6/c1-11(2)16(24)19(34)29-12(6-3-4-8-22)17(32)28-13(7-5-9-27-21(25)26)18(33)30-14(20(35)36)10-15(23)31/h11-14,16H,3-10,22,24H2,1-2H3,(H2,23,31)(H,28,32)(H,29,34)(H,30,33)(H,35,36)(H4,25,26,27). The Morgan fingerprint density at radius 1 is 0.806 bits per heavy atom. The number of nitrogens with two attached hydrogens (primary N) is 5. The Hall–Kier alpha value is -3.46. The molecule has 0 aliphatic rings. The van der Waals surface area contributed by atoms with Crippen molar-refractivity contribution in [2.75, 3.05) is 13.1 Å². The third-order valence-corrected chi connectivity index (χ3v) is 5.20. The summed E-state index contributed by atoms with van der Waals surface area (Å²) in [5, 5.41) is 16.6. The van der Waals surface area contributed by atoms with Crippen LogP contribution in [0.3, 0.4) is 0 Å². The highest BCUT2D eigenvalue weighted by atomic mass is 16.4. The minimum Gasteiger partial charge on any atom is -0.480 e. The molecule has 14 N–H and O–H groups in total. The number of carboxylic acids is 1. The number of nitrogens with zero attached hydrogens (tertiary/aromatic N) is 1. The van der Waals surface area contributed by atoms with Gasteiger partial charge in [0.2, 0.25) is 23.6 Å². The molecule has 15 nitrogen and oxygen atoms in total. The number of aliphatic carboxylic acids is 1. The Morgan fingerprint density at radius 2 is 1.31 bits per heavy atom. The van der Waals surface area contributed by atoms with Crippen LogP contribution in [0.1, 0.15) is 52.4 Å².